The predicted molar refractivity (Wildman–Crippen MR) is 69.9 cm³/mol. The summed E-state index contributed by atoms with van der Waals surface area (Å²) in [5, 5.41) is 0. The zero-order valence-electron chi connectivity index (χ0n) is 10.9. The van der Waals surface area contributed by atoms with Crippen LogP contribution in [-0.2, 0) is 9.59 Å². The minimum absolute atomic E-state index is 0.187. The van der Waals surface area contributed by atoms with Gasteiger partial charge < -0.3 is 0 Å². The first kappa shape index (κ1) is 14.1. The highest BCUT2D eigenvalue weighted by atomic mass is 16.2. The van der Waals surface area contributed by atoms with Crippen molar-refractivity contribution in [3.63, 3.8) is 0 Å². The number of hydrogen-bond donors (Lipinski definition) is 0. The largest absolute Gasteiger partial charge is 0.299 e. The van der Waals surface area contributed by atoms with Crippen molar-refractivity contribution in [3.05, 3.63) is 12.2 Å². The molecular weight excluding hydrogens is 212 g/mol. The molecule has 0 aliphatic heterocycles. The van der Waals surface area contributed by atoms with Gasteiger partial charge in [0.2, 0.25) is 0 Å². The quantitative estimate of drug-likeness (QED) is 0.382. The molecule has 1 aliphatic carbocycles. The minimum Gasteiger partial charge on any atom is -0.299 e. The number of ketones is 2. The second kappa shape index (κ2) is 8.21. The molecule has 96 valence electrons. The number of unbranched alkanes of at least 4 members (excludes halogenated alkanes) is 3. The third-order valence-electron chi connectivity index (χ3n) is 3.39. The summed E-state index contributed by atoms with van der Waals surface area (Å²) >= 11 is 0. The van der Waals surface area contributed by atoms with Crippen LogP contribution in [0.15, 0.2) is 12.2 Å². The fraction of sp³-hybridized carbons (Fsp3) is 0.733. The van der Waals surface area contributed by atoms with Crippen LogP contribution in [0.4, 0.5) is 0 Å². The van der Waals surface area contributed by atoms with Crippen molar-refractivity contribution in [2.45, 2.75) is 64.7 Å². The Morgan fingerprint density at radius 1 is 1.06 bits per heavy atom. The van der Waals surface area contributed by atoms with Crippen molar-refractivity contribution in [3.8, 4) is 0 Å². The zero-order valence-corrected chi connectivity index (χ0v) is 10.9. The van der Waals surface area contributed by atoms with E-state index >= 15 is 0 Å². The number of carbonyl (C=O) groups is 2. The fourth-order valence-electron chi connectivity index (χ4n) is 2.36. The Balaban J connectivity index is 2.11. The Morgan fingerprint density at radius 3 is 2.41 bits per heavy atom. The van der Waals surface area contributed by atoms with E-state index in [2.05, 4.69) is 19.1 Å². The molecule has 2 heteroatoms. The highest BCUT2D eigenvalue weighted by Gasteiger charge is 2.28. The van der Waals surface area contributed by atoms with E-state index < -0.39 is 0 Å². The van der Waals surface area contributed by atoms with E-state index in [-0.39, 0.29) is 17.5 Å². The average molecular weight is 236 g/mol. The molecule has 2 nitrogen and oxygen atoms in total. The SMILES string of the molecule is CC/C=C\CCCCCC1C(=O)CCCC1=O. The van der Waals surface area contributed by atoms with Crippen molar-refractivity contribution in [2.24, 2.45) is 5.92 Å². The maximum absolute atomic E-state index is 11.6. The van der Waals surface area contributed by atoms with Gasteiger partial charge >= 0.3 is 0 Å². The Hall–Kier alpha value is -0.920. The summed E-state index contributed by atoms with van der Waals surface area (Å²) in [7, 11) is 0. The standard InChI is InChI=1S/C15H24O2/c1-2-3-4-5-6-7-8-10-13-14(16)11-9-12-15(13)17/h3-4,13H,2,5-12H2,1H3/b4-3-. The summed E-state index contributed by atoms with van der Waals surface area (Å²) in [5.41, 5.74) is 0. The van der Waals surface area contributed by atoms with Crippen LogP contribution in [0.2, 0.25) is 0 Å². The molecule has 0 aromatic rings. The third kappa shape index (κ3) is 5.29. The van der Waals surface area contributed by atoms with Crippen LogP contribution in [-0.4, -0.2) is 11.6 Å². The summed E-state index contributed by atoms with van der Waals surface area (Å²) in [5.74, 6) is 0.120. The predicted octanol–water partition coefficient (Wildman–Crippen LogP) is 3.84. The monoisotopic (exact) mass is 236 g/mol. The molecule has 0 N–H and O–H groups in total. The van der Waals surface area contributed by atoms with Gasteiger partial charge in [0.05, 0.1) is 5.92 Å². The molecule has 1 saturated carbocycles. The highest BCUT2D eigenvalue weighted by Crippen LogP contribution is 2.22. The summed E-state index contributed by atoms with van der Waals surface area (Å²) in [6, 6.07) is 0. The third-order valence-corrected chi connectivity index (χ3v) is 3.39. The Bertz CT molecular complexity index is 263. The normalized spacial score (nSPS) is 18.2. The summed E-state index contributed by atoms with van der Waals surface area (Å²) in [4.78, 5) is 23.2. The molecule has 17 heavy (non-hydrogen) atoms. The van der Waals surface area contributed by atoms with Crippen LogP contribution in [0.5, 0.6) is 0 Å². The fourth-order valence-corrected chi connectivity index (χ4v) is 2.36. The van der Waals surface area contributed by atoms with Gasteiger partial charge in [-0.2, -0.15) is 0 Å². The lowest BCUT2D eigenvalue weighted by molar-refractivity contribution is -0.135. The van der Waals surface area contributed by atoms with E-state index in [0.29, 0.717) is 12.8 Å². The van der Waals surface area contributed by atoms with Crippen LogP contribution in [0.1, 0.15) is 64.7 Å². The van der Waals surface area contributed by atoms with E-state index in [9.17, 15) is 9.59 Å². The summed E-state index contributed by atoms with van der Waals surface area (Å²) < 4.78 is 0. The Kier molecular flexibility index (Phi) is 6.83. The van der Waals surface area contributed by atoms with E-state index in [1.165, 1.54) is 6.42 Å². The second-order valence-corrected chi connectivity index (χ2v) is 4.86. The highest BCUT2D eigenvalue weighted by molar-refractivity contribution is 6.04. The molecule has 0 amide bonds. The molecular formula is C15H24O2. The molecule has 0 radical (unpaired) electrons. The number of allylic oxidation sites excluding steroid dienone is 2. The van der Waals surface area contributed by atoms with Crippen LogP contribution in [0.25, 0.3) is 0 Å². The van der Waals surface area contributed by atoms with Crippen molar-refractivity contribution in [2.75, 3.05) is 0 Å². The van der Waals surface area contributed by atoms with Crippen molar-refractivity contribution < 1.29 is 9.59 Å². The van der Waals surface area contributed by atoms with E-state index in [0.717, 1.165) is 38.5 Å². The van der Waals surface area contributed by atoms with Gasteiger partial charge in [-0.25, -0.2) is 0 Å². The molecule has 0 aromatic carbocycles. The maximum atomic E-state index is 11.6. The summed E-state index contributed by atoms with van der Waals surface area (Å²) in [6.07, 6.45) is 12.8. The first-order valence-electron chi connectivity index (χ1n) is 6.96. The van der Waals surface area contributed by atoms with E-state index in [4.69, 9.17) is 0 Å². The average Bonchev–Trinajstić information content (AvgIpc) is 2.31. The van der Waals surface area contributed by atoms with Crippen molar-refractivity contribution >= 4 is 11.6 Å². The zero-order chi connectivity index (χ0) is 12.5. The van der Waals surface area contributed by atoms with E-state index in [1.54, 1.807) is 0 Å². The Morgan fingerprint density at radius 2 is 1.76 bits per heavy atom. The van der Waals surface area contributed by atoms with Gasteiger partial charge in [0.15, 0.2) is 0 Å². The van der Waals surface area contributed by atoms with Crippen LogP contribution in [0.3, 0.4) is 0 Å². The lowest BCUT2D eigenvalue weighted by Gasteiger charge is -2.18. The van der Waals surface area contributed by atoms with Gasteiger partial charge in [0.1, 0.15) is 11.6 Å². The van der Waals surface area contributed by atoms with Crippen molar-refractivity contribution in [1.82, 2.24) is 0 Å². The molecule has 0 spiro atoms. The number of hydrogen-bond acceptors (Lipinski definition) is 2. The van der Waals surface area contributed by atoms with Gasteiger partial charge in [-0.05, 0) is 32.1 Å². The van der Waals surface area contributed by atoms with E-state index in [1.807, 2.05) is 0 Å². The molecule has 1 fully saturated rings. The van der Waals surface area contributed by atoms with Crippen LogP contribution in [0, 0.1) is 5.92 Å². The lowest BCUT2D eigenvalue weighted by atomic mass is 9.83. The van der Waals surface area contributed by atoms with Gasteiger partial charge in [0, 0.05) is 12.8 Å². The Labute approximate surface area is 104 Å². The van der Waals surface area contributed by atoms with Crippen molar-refractivity contribution in [1.29, 1.82) is 0 Å². The van der Waals surface area contributed by atoms with Gasteiger partial charge in [0.25, 0.3) is 0 Å². The smallest absolute Gasteiger partial charge is 0.143 e. The van der Waals surface area contributed by atoms with Crippen LogP contribution >= 0.6 is 0 Å². The molecule has 0 atom stereocenters. The number of rotatable bonds is 7. The number of Topliss-reactive ketones (excluding diaryl/α,β-unsaturated/α-hetero) is 2. The van der Waals surface area contributed by atoms with Gasteiger partial charge in [-0.3, -0.25) is 9.59 Å². The second-order valence-electron chi connectivity index (χ2n) is 4.86. The molecule has 0 heterocycles. The first-order chi connectivity index (χ1) is 8.25. The number of carbonyl (C=O) groups excluding carboxylic acids is 2. The first-order valence-corrected chi connectivity index (χ1v) is 6.96. The molecule has 0 saturated heterocycles. The van der Waals surface area contributed by atoms with Gasteiger partial charge in [-0.15, -0.1) is 0 Å². The maximum Gasteiger partial charge on any atom is 0.143 e. The van der Waals surface area contributed by atoms with Crippen LogP contribution < -0.4 is 0 Å². The topological polar surface area (TPSA) is 34.1 Å². The molecule has 0 aromatic heterocycles. The molecule has 1 rings (SSSR count). The molecule has 0 unspecified atom stereocenters. The minimum atomic E-state index is -0.255. The molecule has 0 bridgehead atoms. The van der Waals surface area contributed by atoms with Gasteiger partial charge in [-0.1, -0.05) is 31.9 Å². The summed E-state index contributed by atoms with van der Waals surface area (Å²) in [6.45, 7) is 2.14. The lowest BCUT2D eigenvalue weighted by Crippen LogP contribution is -2.28. The molecule has 1 aliphatic rings.